The van der Waals surface area contributed by atoms with Gasteiger partial charge in [0, 0.05) is 6.20 Å². The van der Waals surface area contributed by atoms with Crippen LogP contribution in [-0.2, 0) is 11.0 Å². The second-order valence-electron chi connectivity index (χ2n) is 6.51. The lowest BCUT2D eigenvalue weighted by molar-refractivity contribution is -0.137. The molecule has 0 aliphatic heterocycles. The molecule has 3 rings (SSSR count). The molecule has 152 valence electrons. The molecule has 0 saturated carbocycles. The van der Waals surface area contributed by atoms with Crippen LogP contribution in [0.3, 0.4) is 0 Å². The number of pyridine rings is 1. The highest BCUT2D eigenvalue weighted by Crippen LogP contribution is 2.29. The molecule has 0 aliphatic carbocycles. The molecular formula is C20H19F3N4OS. The number of halogens is 3. The number of rotatable bonds is 5. The summed E-state index contributed by atoms with van der Waals surface area (Å²) in [5.74, 6) is -0.265. The van der Waals surface area contributed by atoms with Gasteiger partial charge in [0.2, 0.25) is 5.91 Å². The summed E-state index contributed by atoms with van der Waals surface area (Å²) < 4.78 is 39.5. The van der Waals surface area contributed by atoms with Gasteiger partial charge in [0.05, 0.1) is 39.1 Å². The van der Waals surface area contributed by atoms with Gasteiger partial charge in [-0.3, -0.25) is 4.79 Å². The molecule has 0 saturated heterocycles. The molecule has 9 heteroatoms. The summed E-state index contributed by atoms with van der Waals surface area (Å²) in [5, 5.41) is 7.67. The van der Waals surface area contributed by atoms with Gasteiger partial charge in [0.1, 0.15) is 0 Å². The van der Waals surface area contributed by atoms with Gasteiger partial charge in [0.25, 0.3) is 0 Å². The standard InChI is InChI=1S/C20H19F3N4OS/c1-12-4-7-16(8-5-12)27-14(3)19(13(2)26-27)25-17(28)11-29-18-9-6-15(10-24-18)20(21,22)23/h4-10H,11H2,1-3H3,(H,25,28). The summed E-state index contributed by atoms with van der Waals surface area (Å²) in [5.41, 5.74) is 3.29. The number of benzene rings is 1. The normalized spacial score (nSPS) is 11.5. The smallest absolute Gasteiger partial charge is 0.322 e. The molecule has 0 atom stereocenters. The minimum absolute atomic E-state index is 0.0208. The van der Waals surface area contributed by atoms with E-state index in [9.17, 15) is 18.0 Å². The molecule has 1 N–H and O–H groups in total. The molecule has 0 aliphatic rings. The molecule has 29 heavy (non-hydrogen) atoms. The van der Waals surface area contributed by atoms with E-state index >= 15 is 0 Å². The maximum absolute atomic E-state index is 12.6. The van der Waals surface area contributed by atoms with Crippen molar-refractivity contribution in [3.8, 4) is 5.69 Å². The van der Waals surface area contributed by atoms with Gasteiger partial charge in [-0.15, -0.1) is 0 Å². The average molecular weight is 420 g/mol. The van der Waals surface area contributed by atoms with E-state index in [2.05, 4.69) is 15.4 Å². The van der Waals surface area contributed by atoms with Crippen molar-refractivity contribution in [1.82, 2.24) is 14.8 Å². The molecular weight excluding hydrogens is 401 g/mol. The van der Waals surface area contributed by atoms with Crippen LogP contribution < -0.4 is 5.32 Å². The Morgan fingerprint density at radius 3 is 2.38 bits per heavy atom. The Bertz CT molecular complexity index is 1010. The minimum Gasteiger partial charge on any atom is -0.322 e. The predicted molar refractivity (Wildman–Crippen MR) is 106 cm³/mol. The number of nitrogens with zero attached hydrogens (tertiary/aromatic N) is 3. The van der Waals surface area contributed by atoms with Crippen molar-refractivity contribution >= 4 is 23.4 Å². The third-order valence-corrected chi connectivity index (χ3v) is 5.19. The van der Waals surface area contributed by atoms with E-state index in [-0.39, 0.29) is 11.7 Å². The van der Waals surface area contributed by atoms with E-state index in [0.29, 0.717) is 16.4 Å². The van der Waals surface area contributed by atoms with E-state index in [4.69, 9.17) is 0 Å². The molecule has 0 radical (unpaired) electrons. The first-order valence-corrected chi connectivity index (χ1v) is 9.73. The first kappa shape index (κ1) is 20.9. The number of anilines is 1. The molecule has 2 aromatic heterocycles. The zero-order valence-electron chi connectivity index (χ0n) is 16.0. The third-order valence-electron chi connectivity index (χ3n) is 4.25. The number of hydrogen-bond acceptors (Lipinski definition) is 4. The lowest BCUT2D eigenvalue weighted by Gasteiger charge is -2.08. The molecule has 0 spiro atoms. The fraction of sp³-hybridized carbons (Fsp3) is 0.250. The van der Waals surface area contributed by atoms with Gasteiger partial charge in [-0.25, -0.2) is 9.67 Å². The number of amides is 1. The van der Waals surface area contributed by atoms with Crippen molar-refractivity contribution < 1.29 is 18.0 Å². The van der Waals surface area contributed by atoms with Crippen LogP contribution in [0.5, 0.6) is 0 Å². The van der Waals surface area contributed by atoms with E-state index < -0.39 is 11.7 Å². The molecule has 0 bridgehead atoms. The van der Waals surface area contributed by atoms with Gasteiger partial charge in [-0.1, -0.05) is 29.5 Å². The zero-order chi connectivity index (χ0) is 21.2. The van der Waals surface area contributed by atoms with Gasteiger partial charge >= 0.3 is 6.18 Å². The van der Waals surface area contributed by atoms with Crippen LogP contribution in [0.1, 0.15) is 22.5 Å². The summed E-state index contributed by atoms with van der Waals surface area (Å²) in [6, 6.07) is 10.1. The van der Waals surface area contributed by atoms with E-state index in [1.165, 1.54) is 6.07 Å². The lowest BCUT2D eigenvalue weighted by Crippen LogP contribution is -2.15. The second-order valence-corrected chi connectivity index (χ2v) is 7.51. The number of alkyl halides is 3. The zero-order valence-corrected chi connectivity index (χ0v) is 16.9. The predicted octanol–water partition coefficient (Wildman–Crippen LogP) is 4.94. The Morgan fingerprint density at radius 1 is 1.10 bits per heavy atom. The summed E-state index contributed by atoms with van der Waals surface area (Å²) in [6.45, 7) is 5.66. The van der Waals surface area contributed by atoms with Crippen molar-refractivity contribution in [2.24, 2.45) is 0 Å². The van der Waals surface area contributed by atoms with Crippen LogP contribution >= 0.6 is 11.8 Å². The van der Waals surface area contributed by atoms with Crippen molar-refractivity contribution in [2.45, 2.75) is 32.0 Å². The Hall–Kier alpha value is -2.81. The van der Waals surface area contributed by atoms with Crippen LogP contribution in [0.4, 0.5) is 18.9 Å². The number of carbonyl (C=O) groups is 1. The minimum atomic E-state index is -4.43. The highest BCUT2D eigenvalue weighted by atomic mass is 32.2. The van der Waals surface area contributed by atoms with Crippen molar-refractivity contribution in [2.75, 3.05) is 11.1 Å². The van der Waals surface area contributed by atoms with Gasteiger partial charge in [-0.2, -0.15) is 18.3 Å². The molecule has 2 heterocycles. The SMILES string of the molecule is Cc1ccc(-n2nc(C)c(NC(=O)CSc3ccc(C(F)(F)F)cn3)c2C)cc1. The monoisotopic (exact) mass is 420 g/mol. The number of thioether (sulfide) groups is 1. The van der Waals surface area contributed by atoms with E-state index in [0.717, 1.165) is 41.0 Å². The fourth-order valence-electron chi connectivity index (χ4n) is 2.71. The number of aryl methyl sites for hydroxylation is 2. The second kappa shape index (κ2) is 8.28. The van der Waals surface area contributed by atoms with Gasteiger partial charge < -0.3 is 5.32 Å². The molecule has 5 nitrogen and oxygen atoms in total. The Balaban J connectivity index is 1.66. The highest BCUT2D eigenvalue weighted by Gasteiger charge is 2.30. The number of nitrogens with one attached hydrogen (secondary N) is 1. The summed E-state index contributed by atoms with van der Waals surface area (Å²) in [7, 11) is 0. The van der Waals surface area contributed by atoms with Crippen LogP contribution in [0, 0.1) is 20.8 Å². The Labute approximate surface area is 170 Å². The maximum atomic E-state index is 12.6. The van der Waals surface area contributed by atoms with Crippen molar-refractivity contribution in [3.63, 3.8) is 0 Å². The van der Waals surface area contributed by atoms with Crippen LogP contribution in [0.25, 0.3) is 5.69 Å². The third kappa shape index (κ3) is 4.97. The first-order chi connectivity index (χ1) is 13.6. The van der Waals surface area contributed by atoms with Crippen LogP contribution in [0.15, 0.2) is 47.6 Å². The summed E-state index contributed by atoms with van der Waals surface area (Å²) >= 11 is 1.07. The lowest BCUT2D eigenvalue weighted by atomic mass is 10.2. The highest BCUT2D eigenvalue weighted by molar-refractivity contribution is 7.99. The van der Waals surface area contributed by atoms with E-state index in [1.54, 1.807) is 11.6 Å². The molecule has 0 unspecified atom stereocenters. The van der Waals surface area contributed by atoms with Crippen molar-refractivity contribution in [1.29, 1.82) is 0 Å². The largest absolute Gasteiger partial charge is 0.417 e. The number of carbonyl (C=O) groups excluding carboxylic acids is 1. The van der Waals surface area contributed by atoms with Crippen LogP contribution in [-0.4, -0.2) is 26.4 Å². The number of aromatic nitrogens is 3. The van der Waals surface area contributed by atoms with E-state index in [1.807, 2.05) is 38.1 Å². The Kier molecular flexibility index (Phi) is 5.97. The quantitative estimate of drug-likeness (QED) is 0.594. The fourth-order valence-corrected chi connectivity index (χ4v) is 3.35. The molecule has 1 aromatic carbocycles. The maximum Gasteiger partial charge on any atom is 0.417 e. The molecule has 3 aromatic rings. The Morgan fingerprint density at radius 2 is 1.79 bits per heavy atom. The van der Waals surface area contributed by atoms with Crippen molar-refractivity contribution in [3.05, 3.63) is 65.1 Å². The molecule has 1 amide bonds. The van der Waals surface area contributed by atoms with Gasteiger partial charge in [0.15, 0.2) is 0 Å². The molecule has 0 fully saturated rings. The first-order valence-electron chi connectivity index (χ1n) is 8.74. The van der Waals surface area contributed by atoms with Gasteiger partial charge in [-0.05, 0) is 45.0 Å². The number of hydrogen-bond donors (Lipinski definition) is 1. The topological polar surface area (TPSA) is 59.8 Å². The summed E-state index contributed by atoms with van der Waals surface area (Å²) in [6.07, 6.45) is -3.67. The average Bonchev–Trinajstić information content (AvgIpc) is 2.95. The van der Waals surface area contributed by atoms with Crippen LogP contribution in [0.2, 0.25) is 0 Å². The summed E-state index contributed by atoms with van der Waals surface area (Å²) in [4.78, 5) is 16.1.